The predicted molar refractivity (Wildman–Crippen MR) is 75.5 cm³/mol. The maximum absolute atomic E-state index is 12.7. The monoisotopic (exact) mass is 290 g/mol. The molecule has 1 N–H and O–H groups in total. The van der Waals surface area contributed by atoms with Crippen molar-refractivity contribution in [3.63, 3.8) is 0 Å². The van der Waals surface area contributed by atoms with Crippen molar-refractivity contribution >= 4 is 5.97 Å². The zero-order valence-corrected chi connectivity index (χ0v) is 11.5. The number of carboxylic acids is 1. The Morgan fingerprint density at radius 3 is 2.43 bits per heavy atom. The minimum atomic E-state index is -0.986. The maximum Gasteiger partial charge on any atom is 0.336 e. The molecule has 0 saturated carbocycles. The maximum atomic E-state index is 12.7. The Balaban J connectivity index is 1.88. The fourth-order valence-electron chi connectivity index (χ4n) is 1.84. The summed E-state index contributed by atoms with van der Waals surface area (Å²) in [6.07, 6.45) is 0. The first kappa shape index (κ1) is 14.8. The first-order chi connectivity index (χ1) is 10.1. The molecule has 0 aliphatic rings. The van der Waals surface area contributed by atoms with Crippen LogP contribution >= 0.6 is 0 Å². The summed E-state index contributed by atoms with van der Waals surface area (Å²) >= 11 is 0. The summed E-state index contributed by atoms with van der Waals surface area (Å²) in [4.78, 5) is 11.0. The van der Waals surface area contributed by atoms with Gasteiger partial charge in [0.05, 0.1) is 5.56 Å². The molecule has 0 heterocycles. The molecule has 0 saturated heterocycles. The van der Waals surface area contributed by atoms with Crippen molar-refractivity contribution in [3.05, 3.63) is 59.4 Å². The number of carboxylic acid groups (broad SMARTS) is 1. The van der Waals surface area contributed by atoms with Gasteiger partial charge in [-0.1, -0.05) is 6.07 Å². The molecule has 110 valence electrons. The summed E-state index contributed by atoms with van der Waals surface area (Å²) in [5.74, 6) is -0.242. The minimum absolute atomic E-state index is 0.215. The van der Waals surface area contributed by atoms with E-state index >= 15 is 0 Å². The first-order valence-corrected chi connectivity index (χ1v) is 6.42. The summed E-state index contributed by atoms with van der Waals surface area (Å²) in [5.41, 5.74) is 0.790. The average molecular weight is 290 g/mol. The molecule has 5 heteroatoms. The Hall–Kier alpha value is -2.56. The van der Waals surface area contributed by atoms with Gasteiger partial charge in [-0.3, -0.25) is 0 Å². The largest absolute Gasteiger partial charge is 0.490 e. The van der Waals surface area contributed by atoms with Gasteiger partial charge < -0.3 is 14.6 Å². The molecule has 0 aromatic heterocycles. The highest BCUT2D eigenvalue weighted by Gasteiger charge is 2.10. The van der Waals surface area contributed by atoms with E-state index in [0.29, 0.717) is 17.1 Å². The van der Waals surface area contributed by atoms with E-state index in [9.17, 15) is 9.18 Å². The molecule has 2 aromatic carbocycles. The molecular formula is C16H15FO4. The van der Waals surface area contributed by atoms with Crippen LogP contribution in [0.4, 0.5) is 4.39 Å². The molecule has 0 aliphatic heterocycles. The van der Waals surface area contributed by atoms with E-state index in [1.807, 2.05) is 0 Å². The lowest BCUT2D eigenvalue weighted by molar-refractivity contribution is 0.0695. The van der Waals surface area contributed by atoms with Crippen molar-refractivity contribution < 1.29 is 23.8 Å². The van der Waals surface area contributed by atoms with Crippen LogP contribution in [0.25, 0.3) is 0 Å². The lowest BCUT2D eigenvalue weighted by Gasteiger charge is -2.11. The molecular weight excluding hydrogens is 275 g/mol. The van der Waals surface area contributed by atoms with Crippen LogP contribution in [0, 0.1) is 12.7 Å². The molecule has 0 radical (unpaired) electrons. The zero-order valence-electron chi connectivity index (χ0n) is 11.5. The standard InChI is InChI=1S/C16H15FO4/c1-11-14(16(18)19)3-2-4-15(11)21-10-9-20-13-7-5-12(17)6-8-13/h2-8H,9-10H2,1H3,(H,18,19). The van der Waals surface area contributed by atoms with Crippen LogP contribution in [0.15, 0.2) is 42.5 Å². The third-order valence-corrected chi connectivity index (χ3v) is 2.94. The minimum Gasteiger partial charge on any atom is -0.490 e. The molecule has 4 nitrogen and oxygen atoms in total. The number of aromatic carboxylic acids is 1. The summed E-state index contributed by atoms with van der Waals surface area (Å²) in [6, 6.07) is 10.6. The van der Waals surface area contributed by atoms with Gasteiger partial charge in [0.15, 0.2) is 0 Å². The van der Waals surface area contributed by atoms with Crippen LogP contribution < -0.4 is 9.47 Å². The molecule has 0 spiro atoms. The van der Waals surface area contributed by atoms with Gasteiger partial charge in [-0.2, -0.15) is 0 Å². The number of ether oxygens (including phenoxy) is 2. The first-order valence-electron chi connectivity index (χ1n) is 6.42. The highest BCUT2D eigenvalue weighted by Crippen LogP contribution is 2.21. The second kappa shape index (κ2) is 6.74. The Kier molecular flexibility index (Phi) is 4.77. The van der Waals surface area contributed by atoms with E-state index in [2.05, 4.69) is 0 Å². The van der Waals surface area contributed by atoms with Gasteiger partial charge in [0.1, 0.15) is 30.5 Å². The molecule has 0 unspecified atom stereocenters. The summed E-state index contributed by atoms with van der Waals surface area (Å²) in [5, 5.41) is 9.02. The number of halogens is 1. The fourth-order valence-corrected chi connectivity index (χ4v) is 1.84. The van der Waals surface area contributed by atoms with Crippen LogP contribution in [0.3, 0.4) is 0 Å². The molecule has 0 amide bonds. The molecule has 2 rings (SSSR count). The highest BCUT2D eigenvalue weighted by atomic mass is 19.1. The number of carbonyl (C=O) groups is 1. The highest BCUT2D eigenvalue weighted by molar-refractivity contribution is 5.90. The van der Waals surface area contributed by atoms with Crippen molar-refractivity contribution in [1.29, 1.82) is 0 Å². The Morgan fingerprint density at radius 2 is 1.76 bits per heavy atom. The lowest BCUT2D eigenvalue weighted by Crippen LogP contribution is -2.10. The third-order valence-electron chi connectivity index (χ3n) is 2.94. The number of hydrogen-bond donors (Lipinski definition) is 1. The van der Waals surface area contributed by atoms with Crippen LogP contribution in [-0.4, -0.2) is 24.3 Å². The van der Waals surface area contributed by atoms with Crippen LogP contribution in [0.5, 0.6) is 11.5 Å². The lowest BCUT2D eigenvalue weighted by atomic mass is 10.1. The smallest absolute Gasteiger partial charge is 0.336 e. The molecule has 21 heavy (non-hydrogen) atoms. The van der Waals surface area contributed by atoms with Gasteiger partial charge in [-0.05, 0) is 43.3 Å². The van der Waals surface area contributed by atoms with Crippen LogP contribution in [0.1, 0.15) is 15.9 Å². The van der Waals surface area contributed by atoms with Crippen LogP contribution in [0.2, 0.25) is 0 Å². The molecule has 0 aliphatic carbocycles. The van der Waals surface area contributed by atoms with Gasteiger partial charge >= 0.3 is 5.97 Å². The quantitative estimate of drug-likeness (QED) is 0.829. The average Bonchev–Trinajstić information content (AvgIpc) is 2.46. The molecule has 0 bridgehead atoms. The SMILES string of the molecule is Cc1c(OCCOc2ccc(F)cc2)cccc1C(=O)O. The normalized spacial score (nSPS) is 10.2. The van der Waals surface area contributed by atoms with Crippen LogP contribution in [-0.2, 0) is 0 Å². The van der Waals surface area contributed by atoms with E-state index < -0.39 is 5.97 Å². The topological polar surface area (TPSA) is 55.8 Å². The van der Waals surface area contributed by atoms with E-state index in [-0.39, 0.29) is 24.6 Å². The third kappa shape index (κ3) is 3.95. The second-order valence-electron chi connectivity index (χ2n) is 4.38. The van der Waals surface area contributed by atoms with Gasteiger partial charge in [0.25, 0.3) is 0 Å². The number of rotatable bonds is 6. The van der Waals surface area contributed by atoms with E-state index in [4.69, 9.17) is 14.6 Å². The summed E-state index contributed by atoms with van der Waals surface area (Å²) < 4.78 is 23.6. The van der Waals surface area contributed by atoms with Crippen molar-refractivity contribution in [2.24, 2.45) is 0 Å². The predicted octanol–water partition coefficient (Wildman–Crippen LogP) is 3.29. The fraction of sp³-hybridized carbons (Fsp3) is 0.188. The zero-order chi connectivity index (χ0) is 15.2. The van der Waals surface area contributed by atoms with E-state index in [1.165, 1.54) is 30.3 Å². The van der Waals surface area contributed by atoms with E-state index in [1.54, 1.807) is 19.1 Å². The van der Waals surface area contributed by atoms with Gasteiger partial charge in [0, 0.05) is 5.56 Å². The Bertz CT molecular complexity index is 623. The van der Waals surface area contributed by atoms with Crippen molar-refractivity contribution in [3.8, 4) is 11.5 Å². The molecule has 0 fully saturated rings. The second-order valence-corrected chi connectivity index (χ2v) is 4.38. The van der Waals surface area contributed by atoms with Gasteiger partial charge in [-0.25, -0.2) is 9.18 Å². The molecule has 0 atom stereocenters. The number of benzene rings is 2. The Labute approximate surface area is 121 Å². The van der Waals surface area contributed by atoms with Gasteiger partial charge in [-0.15, -0.1) is 0 Å². The van der Waals surface area contributed by atoms with Crippen molar-refractivity contribution in [2.75, 3.05) is 13.2 Å². The summed E-state index contributed by atoms with van der Waals surface area (Å²) in [6.45, 7) is 2.24. The van der Waals surface area contributed by atoms with Crippen molar-refractivity contribution in [2.45, 2.75) is 6.92 Å². The van der Waals surface area contributed by atoms with Gasteiger partial charge in [0.2, 0.25) is 0 Å². The van der Waals surface area contributed by atoms with Crippen molar-refractivity contribution in [1.82, 2.24) is 0 Å². The Morgan fingerprint density at radius 1 is 1.10 bits per heavy atom. The molecule has 2 aromatic rings. The summed E-state index contributed by atoms with van der Waals surface area (Å²) in [7, 11) is 0. The van der Waals surface area contributed by atoms with E-state index in [0.717, 1.165) is 0 Å². The number of hydrogen-bond acceptors (Lipinski definition) is 3.